The van der Waals surface area contributed by atoms with Crippen LogP contribution in [0.2, 0.25) is 0 Å². The number of halogens is 4. The number of nitrogens with zero attached hydrogens (tertiary/aromatic N) is 5. The van der Waals surface area contributed by atoms with E-state index in [0.29, 0.717) is 36.8 Å². The van der Waals surface area contributed by atoms with Crippen molar-refractivity contribution in [2.75, 3.05) is 24.1 Å². The van der Waals surface area contributed by atoms with Gasteiger partial charge in [0.25, 0.3) is 5.91 Å². The predicted octanol–water partition coefficient (Wildman–Crippen LogP) is 6.00. The summed E-state index contributed by atoms with van der Waals surface area (Å²) in [6.07, 6.45) is 4.21. The number of pyridine rings is 1. The number of carboxylic acid groups (broad SMARTS) is 1. The monoisotopic (exact) mass is 639 g/mol. The van der Waals surface area contributed by atoms with Crippen LogP contribution >= 0.6 is 0 Å². The van der Waals surface area contributed by atoms with Crippen LogP contribution in [0.5, 0.6) is 0 Å². The van der Waals surface area contributed by atoms with Crippen LogP contribution in [0.3, 0.4) is 0 Å². The number of carboxylic acids is 1. The van der Waals surface area contributed by atoms with E-state index in [9.17, 15) is 27.9 Å². The first kappa shape index (κ1) is 31.4. The molecule has 1 saturated heterocycles. The molecule has 6 rings (SSSR count). The van der Waals surface area contributed by atoms with Crippen LogP contribution in [0, 0.1) is 11.2 Å². The molecule has 0 unspecified atom stereocenters. The first-order valence-corrected chi connectivity index (χ1v) is 15.1. The Morgan fingerprint density at radius 1 is 1.09 bits per heavy atom. The standard InChI is InChI=1S/C32H33F4N7O3/c1-31(30(45)46)9-6-21(7-10-31)42-13-2-3-19(17-42)28-41-25(26-27(37)39-12-14-43(26)28)22-5-4-18(15-23(22)33)29(44)40-24-16-20(8-11-38-24)32(34,35)36/h4-5,8,11-12,14-16,19,21H,2-3,6-7,9-10,13,17H2,1H3,(H2,37,39)(H,45,46)(H,38,40,44)/t19-,21?,31?/m1/s1. The number of nitrogen functional groups attached to an aromatic ring is 1. The molecule has 4 aromatic rings. The van der Waals surface area contributed by atoms with Crippen molar-refractivity contribution in [1.29, 1.82) is 0 Å². The molecular weight excluding hydrogens is 606 g/mol. The number of fused-ring (bicyclic) bond motifs is 1. The van der Waals surface area contributed by atoms with Crippen LogP contribution < -0.4 is 11.1 Å². The highest BCUT2D eigenvalue weighted by Crippen LogP contribution is 2.41. The van der Waals surface area contributed by atoms with E-state index in [1.54, 1.807) is 12.4 Å². The third kappa shape index (κ3) is 6.00. The van der Waals surface area contributed by atoms with E-state index in [-0.39, 0.29) is 40.4 Å². The molecule has 1 atom stereocenters. The average molecular weight is 640 g/mol. The smallest absolute Gasteiger partial charge is 0.416 e. The van der Waals surface area contributed by atoms with Crippen LogP contribution in [0.15, 0.2) is 48.9 Å². The molecule has 46 heavy (non-hydrogen) atoms. The predicted molar refractivity (Wildman–Crippen MR) is 162 cm³/mol. The van der Waals surface area contributed by atoms with E-state index >= 15 is 4.39 Å². The van der Waals surface area contributed by atoms with Gasteiger partial charge in [-0.3, -0.25) is 18.9 Å². The van der Waals surface area contributed by atoms with E-state index < -0.39 is 34.8 Å². The summed E-state index contributed by atoms with van der Waals surface area (Å²) in [6, 6.07) is 5.49. The zero-order valence-corrected chi connectivity index (χ0v) is 25.0. The SMILES string of the molecule is CC1(C(=O)O)CCC(N2CCC[C@@H](c3nc(-c4ccc(C(=O)Nc5cc(C(F)(F)F)ccn5)cc4F)c4c(N)nccn34)C2)CC1. The lowest BCUT2D eigenvalue weighted by Crippen LogP contribution is -2.46. The number of likely N-dealkylation sites (tertiary alicyclic amines) is 1. The van der Waals surface area contributed by atoms with Gasteiger partial charge in [-0.25, -0.2) is 19.3 Å². The van der Waals surface area contributed by atoms with Crippen molar-refractivity contribution in [2.24, 2.45) is 5.41 Å². The second-order valence-corrected chi connectivity index (χ2v) is 12.4. The molecule has 1 aliphatic carbocycles. The fourth-order valence-electron chi connectivity index (χ4n) is 6.64. The maximum atomic E-state index is 15.7. The van der Waals surface area contributed by atoms with Crippen LogP contribution in [-0.2, 0) is 11.0 Å². The Morgan fingerprint density at radius 2 is 1.85 bits per heavy atom. The molecule has 0 spiro atoms. The van der Waals surface area contributed by atoms with Gasteiger partial charge in [0.2, 0.25) is 0 Å². The van der Waals surface area contributed by atoms with Crippen LogP contribution in [-0.4, -0.2) is 60.4 Å². The van der Waals surface area contributed by atoms with Gasteiger partial charge in [0.05, 0.1) is 11.0 Å². The fraction of sp³-hybridized carbons (Fsp3) is 0.406. The quantitative estimate of drug-likeness (QED) is 0.219. The number of amides is 1. The number of aliphatic carboxylic acids is 1. The Labute approximate surface area is 261 Å². The van der Waals surface area contributed by atoms with E-state index in [2.05, 4.69) is 20.2 Å². The number of alkyl halides is 3. The number of benzene rings is 1. The number of piperidine rings is 1. The van der Waals surface area contributed by atoms with Crippen LogP contribution in [0.1, 0.15) is 73.1 Å². The molecule has 1 aliphatic heterocycles. The van der Waals surface area contributed by atoms with Crippen molar-refractivity contribution in [1.82, 2.24) is 24.3 Å². The lowest BCUT2D eigenvalue weighted by Gasteiger charge is -2.43. The van der Waals surface area contributed by atoms with Gasteiger partial charge in [0.15, 0.2) is 0 Å². The van der Waals surface area contributed by atoms with Gasteiger partial charge in [0.1, 0.15) is 34.5 Å². The first-order chi connectivity index (χ1) is 21.8. The lowest BCUT2D eigenvalue weighted by molar-refractivity contribution is -0.150. The minimum Gasteiger partial charge on any atom is -0.481 e. The normalized spacial score (nSPS) is 22.5. The first-order valence-electron chi connectivity index (χ1n) is 15.1. The number of carbonyl (C=O) groups is 2. The number of aromatic nitrogens is 4. The maximum Gasteiger partial charge on any atom is 0.416 e. The van der Waals surface area contributed by atoms with E-state index in [1.807, 2.05) is 11.3 Å². The lowest BCUT2D eigenvalue weighted by atomic mass is 9.73. The maximum absolute atomic E-state index is 15.7. The number of anilines is 2. The summed E-state index contributed by atoms with van der Waals surface area (Å²) in [6.45, 7) is 3.42. The summed E-state index contributed by atoms with van der Waals surface area (Å²) >= 11 is 0. The van der Waals surface area contributed by atoms with Gasteiger partial charge in [-0.2, -0.15) is 13.2 Å². The summed E-state index contributed by atoms with van der Waals surface area (Å²) in [7, 11) is 0. The Bertz CT molecular complexity index is 1800. The zero-order chi connectivity index (χ0) is 32.8. The largest absolute Gasteiger partial charge is 0.481 e. The molecule has 1 amide bonds. The van der Waals surface area contributed by atoms with E-state index in [0.717, 1.165) is 50.6 Å². The average Bonchev–Trinajstić information content (AvgIpc) is 3.42. The highest BCUT2D eigenvalue weighted by molar-refractivity contribution is 6.04. The Balaban J connectivity index is 1.25. The molecular formula is C32H33F4N7O3. The second-order valence-electron chi connectivity index (χ2n) is 12.4. The molecule has 0 bridgehead atoms. The Hall–Kier alpha value is -4.59. The number of hydrogen-bond donors (Lipinski definition) is 3. The summed E-state index contributed by atoms with van der Waals surface area (Å²) in [5.74, 6) is -1.82. The van der Waals surface area contributed by atoms with Crippen LogP contribution in [0.25, 0.3) is 16.8 Å². The molecule has 0 radical (unpaired) electrons. The molecule has 4 heterocycles. The van der Waals surface area contributed by atoms with Gasteiger partial charge >= 0.3 is 12.1 Å². The van der Waals surface area contributed by atoms with Gasteiger partial charge in [-0.1, -0.05) is 0 Å². The number of nitrogens with two attached hydrogens (primary N) is 1. The molecule has 10 nitrogen and oxygen atoms in total. The molecule has 242 valence electrons. The molecule has 2 fully saturated rings. The van der Waals surface area contributed by atoms with Crippen molar-refractivity contribution < 1.29 is 32.3 Å². The molecule has 4 N–H and O–H groups in total. The molecule has 14 heteroatoms. The Kier molecular flexibility index (Phi) is 8.17. The highest BCUT2D eigenvalue weighted by atomic mass is 19.4. The van der Waals surface area contributed by atoms with Gasteiger partial charge in [0, 0.05) is 48.2 Å². The highest BCUT2D eigenvalue weighted by Gasteiger charge is 2.40. The third-order valence-electron chi connectivity index (χ3n) is 9.33. The van der Waals surface area contributed by atoms with Crippen molar-refractivity contribution in [3.05, 3.63) is 71.7 Å². The van der Waals surface area contributed by atoms with E-state index in [4.69, 9.17) is 10.7 Å². The molecule has 1 saturated carbocycles. The minimum absolute atomic E-state index is 0.00217. The van der Waals surface area contributed by atoms with Gasteiger partial charge < -0.3 is 16.2 Å². The molecule has 2 aliphatic rings. The zero-order valence-electron chi connectivity index (χ0n) is 25.0. The summed E-state index contributed by atoms with van der Waals surface area (Å²) < 4.78 is 56.7. The fourth-order valence-corrected chi connectivity index (χ4v) is 6.64. The van der Waals surface area contributed by atoms with Gasteiger partial charge in [-0.05, 0) is 82.3 Å². The number of rotatable bonds is 6. The summed E-state index contributed by atoms with van der Waals surface area (Å²) in [5.41, 5.74) is 5.26. The van der Waals surface area contributed by atoms with Crippen LogP contribution in [0.4, 0.5) is 29.2 Å². The number of nitrogens with one attached hydrogen (secondary N) is 1. The van der Waals surface area contributed by atoms with Gasteiger partial charge in [-0.15, -0.1) is 0 Å². The van der Waals surface area contributed by atoms with Crippen molar-refractivity contribution in [3.63, 3.8) is 0 Å². The number of imidazole rings is 1. The second kappa shape index (κ2) is 12.0. The van der Waals surface area contributed by atoms with Crippen molar-refractivity contribution >= 4 is 29.0 Å². The topological polar surface area (TPSA) is 139 Å². The van der Waals surface area contributed by atoms with E-state index in [1.165, 1.54) is 12.1 Å². The van der Waals surface area contributed by atoms with Crippen molar-refractivity contribution in [2.45, 2.75) is 63.6 Å². The summed E-state index contributed by atoms with van der Waals surface area (Å²) in [4.78, 5) is 39.8. The molecule has 3 aromatic heterocycles. The molecule has 1 aromatic carbocycles. The Morgan fingerprint density at radius 3 is 2.54 bits per heavy atom. The van der Waals surface area contributed by atoms with Crippen molar-refractivity contribution in [3.8, 4) is 11.3 Å². The summed E-state index contributed by atoms with van der Waals surface area (Å²) in [5, 5.41) is 11.9. The minimum atomic E-state index is -4.62. The number of hydrogen-bond acceptors (Lipinski definition) is 7. The third-order valence-corrected chi connectivity index (χ3v) is 9.33. The number of carbonyl (C=O) groups excluding carboxylic acids is 1.